The molecule has 0 amide bonds. The minimum Gasteiger partial charge on any atom is -0.331 e. The van der Waals surface area contributed by atoms with E-state index in [1.165, 1.54) is 0 Å². The molecule has 1 aromatic heterocycles. The Hall–Kier alpha value is -1.82. The molecule has 0 atom stereocenters. The van der Waals surface area contributed by atoms with E-state index in [9.17, 15) is 0 Å². The van der Waals surface area contributed by atoms with Crippen molar-refractivity contribution >= 4 is 11.0 Å². The van der Waals surface area contributed by atoms with Crippen molar-refractivity contribution < 1.29 is 0 Å². The quantitative estimate of drug-likeness (QED) is 0.769. The van der Waals surface area contributed by atoms with E-state index in [-0.39, 0.29) is 0 Å². The predicted octanol–water partition coefficient (Wildman–Crippen LogP) is 2.64. The molecule has 0 spiro atoms. The van der Waals surface area contributed by atoms with E-state index in [1.54, 1.807) is 0 Å². The van der Waals surface area contributed by atoms with Crippen LogP contribution in [0.5, 0.6) is 0 Å². The fourth-order valence-corrected chi connectivity index (χ4v) is 1.90. The topological polar surface area (TPSA) is 41.6 Å². The first kappa shape index (κ1) is 10.7. The lowest BCUT2D eigenvalue weighted by atomic mass is 10.1. The van der Waals surface area contributed by atoms with Crippen LogP contribution in [-0.4, -0.2) is 9.55 Å². The van der Waals surface area contributed by atoms with Crippen LogP contribution in [-0.2, 0) is 13.5 Å². The molecular weight excluding hydrogens is 198 g/mol. The number of para-hydroxylation sites is 1. The van der Waals surface area contributed by atoms with Crippen LogP contribution in [0.25, 0.3) is 11.0 Å². The van der Waals surface area contributed by atoms with E-state index in [0.29, 0.717) is 11.5 Å². The predicted molar refractivity (Wildman–Crippen MR) is 64.0 cm³/mol. The van der Waals surface area contributed by atoms with Crippen LogP contribution in [0.2, 0.25) is 0 Å². The Labute approximate surface area is 95.3 Å². The molecule has 2 aromatic rings. The average Bonchev–Trinajstić information content (AvgIpc) is 2.55. The third-order valence-corrected chi connectivity index (χ3v) is 2.72. The smallest absolute Gasteiger partial charge is 0.109 e. The summed E-state index contributed by atoms with van der Waals surface area (Å²) in [6.07, 6.45) is 0.941. The molecule has 0 aliphatic carbocycles. The molecule has 2 rings (SSSR count). The minimum absolute atomic E-state index is 0.570. The molecule has 0 saturated heterocycles. The summed E-state index contributed by atoms with van der Waals surface area (Å²) in [5.74, 6) is 1.62. The number of nitrogens with zero attached hydrogens (tertiary/aromatic N) is 3. The Kier molecular flexibility index (Phi) is 2.66. The number of rotatable bonds is 2. The van der Waals surface area contributed by atoms with Crippen molar-refractivity contribution in [3.8, 4) is 6.07 Å². The van der Waals surface area contributed by atoms with Crippen molar-refractivity contribution in [2.75, 3.05) is 0 Å². The van der Waals surface area contributed by atoms with Crippen LogP contribution in [0, 0.1) is 17.2 Å². The lowest BCUT2D eigenvalue weighted by Gasteiger charge is -2.04. The first-order chi connectivity index (χ1) is 7.63. The first-order valence-electron chi connectivity index (χ1n) is 5.48. The van der Waals surface area contributed by atoms with Crippen LogP contribution < -0.4 is 0 Å². The van der Waals surface area contributed by atoms with Gasteiger partial charge in [-0.1, -0.05) is 19.9 Å². The van der Waals surface area contributed by atoms with Crippen molar-refractivity contribution in [1.29, 1.82) is 5.26 Å². The molecule has 0 aliphatic rings. The molecule has 16 heavy (non-hydrogen) atoms. The second kappa shape index (κ2) is 3.97. The summed E-state index contributed by atoms with van der Waals surface area (Å²) in [7, 11) is 2.01. The van der Waals surface area contributed by atoms with Gasteiger partial charge in [0.15, 0.2) is 0 Å². The van der Waals surface area contributed by atoms with Gasteiger partial charge in [-0.25, -0.2) is 4.98 Å². The Morgan fingerprint density at radius 2 is 2.19 bits per heavy atom. The van der Waals surface area contributed by atoms with Crippen LogP contribution in [0.1, 0.15) is 25.2 Å². The molecule has 82 valence electrons. The van der Waals surface area contributed by atoms with Gasteiger partial charge in [-0.3, -0.25) is 0 Å². The third kappa shape index (κ3) is 1.67. The van der Waals surface area contributed by atoms with E-state index >= 15 is 0 Å². The summed E-state index contributed by atoms with van der Waals surface area (Å²) in [6, 6.07) is 7.91. The highest BCUT2D eigenvalue weighted by Gasteiger charge is 2.11. The number of nitriles is 1. The zero-order chi connectivity index (χ0) is 11.7. The van der Waals surface area contributed by atoms with Gasteiger partial charge in [-0.2, -0.15) is 5.26 Å². The van der Waals surface area contributed by atoms with E-state index in [4.69, 9.17) is 5.26 Å². The van der Waals surface area contributed by atoms with E-state index < -0.39 is 0 Å². The summed E-state index contributed by atoms with van der Waals surface area (Å²) in [4.78, 5) is 4.56. The number of aryl methyl sites for hydroxylation is 1. The van der Waals surface area contributed by atoms with Gasteiger partial charge in [0.05, 0.1) is 11.1 Å². The normalized spacial score (nSPS) is 10.9. The summed E-state index contributed by atoms with van der Waals surface area (Å²) in [5, 5.41) is 9.02. The highest BCUT2D eigenvalue weighted by atomic mass is 15.1. The molecule has 1 aromatic carbocycles. The van der Waals surface area contributed by atoms with Crippen molar-refractivity contribution in [2.24, 2.45) is 13.0 Å². The van der Waals surface area contributed by atoms with Gasteiger partial charge in [-0.05, 0) is 18.1 Å². The van der Waals surface area contributed by atoms with Gasteiger partial charge in [0, 0.05) is 13.5 Å². The lowest BCUT2D eigenvalue weighted by Crippen LogP contribution is -2.02. The number of hydrogen-bond donors (Lipinski definition) is 0. The summed E-state index contributed by atoms with van der Waals surface area (Å²) >= 11 is 0. The number of fused-ring (bicyclic) bond motifs is 1. The maximum atomic E-state index is 9.02. The monoisotopic (exact) mass is 213 g/mol. The Bertz CT molecular complexity index is 558. The Balaban J connectivity index is 2.64. The number of benzene rings is 1. The van der Waals surface area contributed by atoms with Gasteiger partial charge >= 0.3 is 0 Å². The van der Waals surface area contributed by atoms with Crippen LogP contribution in [0.3, 0.4) is 0 Å². The van der Waals surface area contributed by atoms with Crippen molar-refractivity contribution in [3.05, 3.63) is 29.6 Å². The maximum absolute atomic E-state index is 9.02. The fraction of sp³-hybridized carbons (Fsp3) is 0.385. The van der Waals surface area contributed by atoms with Gasteiger partial charge in [-0.15, -0.1) is 0 Å². The average molecular weight is 213 g/mol. The standard InChI is InChI=1S/C13H15N3/c1-9(2)7-12-15-13-10(8-14)5-4-6-11(13)16(12)3/h4-6,9H,7H2,1-3H3. The highest BCUT2D eigenvalue weighted by molar-refractivity contribution is 5.82. The molecule has 1 heterocycles. The molecule has 0 aliphatic heterocycles. The second-order valence-corrected chi connectivity index (χ2v) is 4.47. The van der Waals surface area contributed by atoms with Crippen molar-refractivity contribution in [2.45, 2.75) is 20.3 Å². The summed E-state index contributed by atoms with van der Waals surface area (Å²) < 4.78 is 2.08. The third-order valence-electron chi connectivity index (χ3n) is 2.72. The Morgan fingerprint density at radius 3 is 2.81 bits per heavy atom. The zero-order valence-corrected chi connectivity index (χ0v) is 9.86. The first-order valence-corrected chi connectivity index (χ1v) is 5.48. The lowest BCUT2D eigenvalue weighted by molar-refractivity contribution is 0.606. The van der Waals surface area contributed by atoms with E-state index in [1.807, 2.05) is 25.2 Å². The van der Waals surface area contributed by atoms with Gasteiger partial charge in [0.1, 0.15) is 17.4 Å². The van der Waals surface area contributed by atoms with Gasteiger partial charge in [0.25, 0.3) is 0 Å². The maximum Gasteiger partial charge on any atom is 0.109 e. The molecule has 0 bridgehead atoms. The number of hydrogen-bond acceptors (Lipinski definition) is 2. The highest BCUT2D eigenvalue weighted by Crippen LogP contribution is 2.20. The number of imidazole rings is 1. The molecule has 0 N–H and O–H groups in total. The minimum atomic E-state index is 0.570. The molecule has 0 saturated carbocycles. The SMILES string of the molecule is CC(C)Cc1nc2c(C#N)cccc2n1C. The Morgan fingerprint density at radius 1 is 1.44 bits per heavy atom. The molecule has 3 nitrogen and oxygen atoms in total. The summed E-state index contributed by atoms with van der Waals surface area (Å²) in [6.45, 7) is 4.34. The zero-order valence-electron chi connectivity index (χ0n) is 9.86. The molecule has 0 unspecified atom stereocenters. The van der Waals surface area contributed by atoms with E-state index in [2.05, 4.69) is 29.5 Å². The molecule has 0 radical (unpaired) electrons. The van der Waals surface area contributed by atoms with E-state index in [0.717, 1.165) is 23.3 Å². The summed E-state index contributed by atoms with van der Waals surface area (Å²) in [5.41, 5.74) is 2.51. The fourth-order valence-electron chi connectivity index (χ4n) is 1.90. The molecule has 3 heteroatoms. The largest absolute Gasteiger partial charge is 0.331 e. The number of aromatic nitrogens is 2. The molecular formula is C13H15N3. The van der Waals surface area contributed by atoms with Crippen molar-refractivity contribution in [1.82, 2.24) is 9.55 Å². The van der Waals surface area contributed by atoms with Crippen LogP contribution in [0.15, 0.2) is 18.2 Å². The second-order valence-electron chi connectivity index (χ2n) is 4.47. The van der Waals surface area contributed by atoms with Crippen LogP contribution in [0.4, 0.5) is 0 Å². The molecule has 0 fully saturated rings. The van der Waals surface area contributed by atoms with Crippen LogP contribution >= 0.6 is 0 Å². The van der Waals surface area contributed by atoms with Crippen molar-refractivity contribution in [3.63, 3.8) is 0 Å². The van der Waals surface area contributed by atoms with Gasteiger partial charge in [0.2, 0.25) is 0 Å². The van der Waals surface area contributed by atoms with Gasteiger partial charge < -0.3 is 4.57 Å².